The molecule has 1 atom stereocenters. The first kappa shape index (κ1) is 22.6. The smallest absolute Gasteiger partial charge is 0.253 e. The molecule has 0 saturated carbocycles. The number of carbonyl (C=O) groups is 1. The average Bonchev–Trinajstić information content (AvgIpc) is 3.06. The summed E-state index contributed by atoms with van der Waals surface area (Å²) in [6.45, 7) is 7.43. The van der Waals surface area contributed by atoms with Gasteiger partial charge in [0.1, 0.15) is 5.82 Å². The van der Waals surface area contributed by atoms with Crippen LogP contribution in [0, 0.1) is 5.41 Å². The zero-order valence-electron chi connectivity index (χ0n) is 19.6. The van der Waals surface area contributed by atoms with E-state index in [4.69, 9.17) is 10.5 Å². The number of aromatic nitrogens is 1. The van der Waals surface area contributed by atoms with Crippen LogP contribution in [-0.4, -0.2) is 56.1 Å². The Balaban J connectivity index is 1.47. The number of anilines is 2. The summed E-state index contributed by atoms with van der Waals surface area (Å²) in [6, 6.07) is 11.9. The first-order valence-electron chi connectivity index (χ1n) is 11.4. The molecule has 4 rings (SSSR count). The highest BCUT2D eigenvalue weighted by molar-refractivity contribution is 5.83. The van der Waals surface area contributed by atoms with Crippen LogP contribution < -0.4 is 16.0 Å². The summed E-state index contributed by atoms with van der Waals surface area (Å²) >= 11 is 0. The van der Waals surface area contributed by atoms with Gasteiger partial charge in [-0.05, 0) is 49.5 Å². The van der Waals surface area contributed by atoms with Gasteiger partial charge in [-0.25, -0.2) is 4.98 Å². The molecule has 1 amide bonds. The number of piperidine rings is 1. The van der Waals surface area contributed by atoms with Crippen LogP contribution in [0.2, 0.25) is 0 Å². The number of fused-ring (bicyclic) bond motifs is 2. The molecule has 1 aromatic carbocycles. The monoisotopic (exact) mass is 437 g/mol. The van der Waals surface area contributed by atoms with Crippen molar-refractivity contribution in [3.8, 4) is 0 Å². The lowest BCUT2D eigenvalue weighted by Crippen LogP contribution is -2.44. The largest absolute Gasteiger partial charge is 0.399 e. The topological polar surface area (TPSA) is 83.7 Å². The highest BCUT2D eigenvalue weighted by atomic mass is 16.5. The second-order valence-corrected chi connectivity index (χ2v) is 10.1. The number of benzene rings is 1. The molecule has 2 aliphatic rings. The number of nitrogens with two attached hydrogens (primary N) is 1. The van der Waals surface area contributed by atoms with Crippen LogP contribution in [0.3, 0.4) is 0 Å². The minimum atomic E-state index is -0.571. The number of nitrogen functional groups attached to an aromatic ring is 1. The second kappa shape index (κ2) is 8.71. The van der Waals surface area contributed by atoms with E-state index in [0.29, 0.717) is 12.2 Å². The summed E-state index contributed by atoms with van der Waals surface area (Å²) in [5.41, 5.74) is 8.34. The summed E-state index contributed by atoms with van der Waals surface area (Å²) in [6.07, 6.45) is 2.78. The van der Waals surface area contributed by atoms with E-state index in [2.05, 4.69) is 54.1 Å². The van der Waals surface area contributed by atoms with Crippen molar-refractivity contribution in [3.63, 3.8) is 0 Å². The maximum absolute atomic E-state index is 13.2. The molecule has 2 aliphatic heterocycles. The van der Waals surface area contributed by atoms with Crippen LogP contribution in [0.5, 0.6) is 0 Å². The van der Waals surface area contributed by atoms with Gasteiger partial charge in [-0.3, -0.25) is 4.79 Å². The fourth-order valence-corrected chi connectivity index (χ4v) is 5.11. The van der Waals surface area contributed by atoms with E-state index in [1.807, 2.05) is 24.3 Å². The average molecular weight is 438 g/mol. The van der Waals surface area contributed by atoms with E-state index in [0.717, 1.165) is 49.4 Å². The van der Waals surface area contributed by atoms with Crippen LogP contribution >= 0.6 is 0 Å². The molecule has 3 N–H and O–H groups in total. The van der Waals surface area contributed by atoms with Gasteiger partial charge >= 0.3 is 0 Å². The van der Waals surface area contributed by atoms with Crippen molar-refractivity contribution >= 4 is 17.4 Å². The van der Waals surface area contributed by atoms with Gasteiger partial charge < -0.3 is 25.6 Å². The van der Waals surface area contributed by atoms with Gasteiger partial charge in [-0.2, -0.15) is 0 Å². The van der Waals surface area contributed by atoms with Crippen LogP contribution in [0.25, 0.3) is 0 Å². The maximum atomic E-state index is 13.2. The van der Waals surface area contributed by atoms with Crippen LogP contribution in [0.4, 0.5) is 11.5 Å². The second-order valence-electron chi connectivity index (χ2n) is 10.1. The van der Waals surface area contributed by atoms with Crippen molar-refractivity contribution in [2.45, 2.75) is 38.4 Å². The summed E-state index contributed by atoms with van der Waals surface area (Å²) in [4.78, 5) is 22.1. The van der Waals surface area contributed by atoms with Crippen molar-refractivity contribution in [3.05, 3.63) is 53.7 Å². The predicted octanol–water partition coefficient (Wildman–Crippen LogP) is 2.93. The van der Waals surface area contributed by atoms with Crippen molar-refractivity contribution in [1.82, 2.24) is 15.2 Å². The van der Waals surface area contributed by atoms with E-state index in [1.165, 1.54) is 0 Å². The SMILES string of the molecule is CN(C)CC(C)(C)CNC(=O)C1OC2(CCN(c3cc(N)ccn3)CC2)c2ccccc21. The molecule has 0 bridgehead atoms. The minimum absolute atomic E-state index is 0.0230. The van der Waals surface area contributed by atoms with E-state index < -0.39 is 11.7 Å². The molecular weight excluding hydrogens is 402 g/mol. The van der Waals surface area contributed by atoms with E-state index >= 15 is 0 Å². The predicted molar refractivity (Wildman–Crippen MR) is 127 cm³/mol. The Morgan fingerprint density at radius 2 is 2.00 bits per heavy atom. The molecule has 7 heteroatoms. The molecule has 32 heavy (non-hydrogen) atoms. The highest BCUT2D eigenvalue weighted by Gasteiger charge is 2.49. The number of hydrogen-bond acceptors (Lipinski definition) is 6. The zero-order chi connectivity index (χ0) is 22.9. The van der Waals surface area contributed by atoms with E-state index in [-0.39, 0.29) is 11.3 Å². The Kier molecular flexibility index (Phi) is 6.14. The first-order chi connectivity index (χ1) is 15.2. The third-order valence-corrected chi connectivity index (χ3v) is 6.47. The highest BCUT2D eigenvalue weighted by Crippen LogP contribution is 2.49. The van der Waals surface area contributed by atoms with Crippen LogP contribution in [0.15, 0.2) is 42.6 Å². The molecule has 1 fully saturated rings. The van der Waals surface area contributed by atoms with E-state index in [9.17, 15) is 4.79 Å². The molecule has 1 unspecified atom stereocenters. The Bertz CT molecular complexity index is 966. The lowest BCUT2D eigenvalue weighted by Gasteiger charge is -2.40. The lowest BCUT2D eigenvalue weighted by atomic mass is 9.83. The molecule has 1 aromatic heterocycles. The van der Waals surface area contributed by atoms with Gasteiger partial charge in [0.15, 0.2) is 6.10 Å². The fraction of sp³-hybridized carbons (Fsp3) is 0.520. The summed E-state index contributed by atoms with van der Waals surface area (Å²) in [5.74, 6) is 0.838. The van der Waals surface area contributed by atoms with Crippen molar-refractivity contribution in [2.75, 3.05) is 50.9 Å². The fourth-order valence-electron chi connectivity index (χ4n) is 5.11. The summed E-state index contributed by atoms with van der Waals surface area (Å²) < 4.78 is 6.58. The Morgan fingerprint density at radius 1 is 1.28 bits per heavy atom. The lowest BCUT2D eigenvalue weighted by molar-refractivity contribution is -0.147. The number of carbonyl (C=O) groups excluding carboxylic acids is 1. The quantitative estimate of drug-likeness (QED) is 0.723. The first-order valence-corrected chi connectivity index (χ1v) is 11.4. The molecule has 1 spiro atoms. The molecule has 3 heterocycles. The number of nitrogens with zero attached hydrogens (tertiary/aromatic N) is 3. The van der Waals surface area contributed by atoms with Gasteiger partial charge in [0.05, 0.1) is 5.60 Å². The minimum Gasteiger partial charge on any atom is -0.399 e. The number of hydrogen-bond donors (Lipinski definition) is 2. The number of rotatable bonds is 6. The maximum Gasteiger partial charge on any atom is 0.253 e. The van der Waals surface area contributed by atoms with Crippen LogP contribution in [-0.2, 0) is 15.1 Å². The molecule has 2 aromatic rings. The molecule has 0 aliphatic carbocycles. The zero-order valence-corrected chi connectivity index (χ0v) is 19.6. The number of pyridine rings is 1. The van der Waals surface area contributed by atoms with Crippen molar-refractivity contribution < 1.29 is 9.53 Å². The number of nitrogens with one attached hydrogen (secondary N) is 1. The third-order valence-electron chi connectivity index (χ3n) is 6.47. The van der Waals surface area contributed by atoms with Gasteiger partial charge in [-0.15, -0.1) is 0 Å². The standard InChI is InChI=1S/C25H35N5O2/c1-24(2,17-29(3)4)16-28-23(31)22-19-7-5-6-8-20(19)25(32-22)10-13-30(14-11-25)21-15-18(26)9-12-27-21/h5-9,12,15,22H,10-11,13-14,16-17H2,1-4H3,(H2,26,27)(H,28,31). The molecule has 172 valence electrons. The summed E-state index contributed by atoms with van der Waals surface area (Å²) in [7, 11) is 4.10. The molecule has 1 saturated heterocycles. The molecule has 0 radical (unpaired) electrons. The Labute approximate surface area is 190 Å². The Hall–Kier alpha value is -2.64. The third kappa shape index (κ3) is 4.59. The summed E-state index contributed by atoms with van der Waals surface area (Å²) in [5, 5.41) is 3.15. The number of ether oxygens (including phenoxy) is 1. The van der Waals surface area contributed by atoms with Crippen molar-refractivity contribution in [2.24, 2.45) is 5.41 Å². The number of amides is 1. The van der Waals surface area contributed by atoms with Gasteiger partial charge in [0.2, 0.25) is 0 Å². The Morgan fingerprint density at radius 3 is 2.69 bits per heavy atom. The van der Waals surface area contributed by atoms with Gasteiger partial charge in [0.25, 0.3) is 5.91 Å². The molecule has 7 nitrogen and oxygen atoms in total. The van der Waals surface area contributed by atoms with Crippen LogP contribution in [0.1, 0.15) is 43.9 Å². The normalized spacial score (nSPS) is 19.9. The van der Waals surface area contributed by atoms with Crippen molar-refractivity contribution in [1.29, 1.82) is 0 Å². The van der Waals surface area contributed by atoms with Gasteiger partial charge in [-0.1, -0.05) is 38.1 Å². The van der Waals surface area contributed by atoms with Gasteiger partial charge in [0, 0.05) is 44.1 Å². The van der Waals surface area contributed by atoms with E-state index in [1.54, 1.807) is 12.3 Å². The molecular formula is C25H35N5O2.